The number of halogens is 1. The number of piperidine rings is 1. The van der Waals surface area contributed by atoms with E-state index in [1.807, 2.05) is 44.2 Å². The van der Waals surface area contributed by atoms with Gasteiger partial charge in [-0.1, -0.05) is 31.5 Å². The molecule has 3 heterocycles. The molecular formula is C28H41ClN6O2. The normalized spacial score (nSPS) is 17.0. The van der Waals surface area contributed by atoms with Crippen LogP contribution in [0.4, 0.5) is 5.95 Å². The molecule has 0 amide bonds. The second-order valence-corrected chi connectivity index (χ2v) is 10.9. The van der Waals surface area contributed by atoms with E-state index in [0.29, 0.717) is 30.2 Å². The molecule has 2 unspecified atom stereocenters. The van der Waals surface area contributed by atoms with E-state index in [4.69, 9.17) is 36.8 Å². The average molecular weight is 529 g/mol. The lowest BCUT2D eigenvalue weighted by Gasteiger charge is -2.35. The molecule has 2 aromatic heterocycles. The van der Waals surface area contributed by atoms with Gasteiger partial charge in [0.15, 0.2) is 6.23 Å². The lowest BCUT2D eigenvalue weighted by atomic mass is 10.0. The number of benzene rings is 1. The number of imidazole rings is 1. The van der Waals surface area contributed by atoms with Crippen LogP contribution in [-0.2, 0) is 9.47 Å². The third kappa shape index (κ3) is 6.81. The van der Waals surface area contributed by atoms with Crippen LogP contribution in [0.5, 0.6) is 0 Å². The number of nitrogens with one attached hydrogen (secondary N) is 1. The van der Waals surface area contributed by atoms with E-state index in [2.05, 4.69) is 28.6 Å². The van der Waals surface area contributed by atoms with Crippen molar-refractivity contribution in [2.45, 2.75) is 58.8 Å². The standard InChI is InChI=1S/C28H41ClN6O2/c1-18(2)23(30)17-34-11-9-22(10-12-34)32-28-33-26-19(3)15-21(29)16-25(26)35(28)27(37-14-13-36-5)24-8-6-7-20(4)31-24/h6-8,15-16,18,22-23,27H,9-14,17,30H2,1-5H3,(H,32,33). The van der Waals surface area contributed by atoms with Crippen molar-refractivity contribution < 1.29 is 9.47 Å². The van der Waals surface area contributed by atoms with Crippen molar-refractivity contribution in [3.05, 3.63) is 52.3 Å². The number of aromatic nitrogens is 3. The van der Waals surface area contributed by atoms with E-state index in [-0.39, 0.29) is 6.04 Å². The molecule has 0 saturated carbocycles. The Morgan fingerprint density at radius 3 is 2.57 bits per heavy atom. The van der Waals surface area contributed by atoms with Crippen molar-refractivity contribution in [3.8, 4) is 0 Å². The molecule has 0 aliphatic carbocycles. The molecule has 0 radical (unpaired) electrons. The number of rotatable bonds is 11. The maximum absolute atomic E-state index is 6.53. The maximum atomic E-state index is 6.53. The average Bonchev–Trinajstić information content (AvgIpc) is 3.21. The Balaban J connectivity index is 1.66. The highest BCUT2D eigenvalue weighted by molar-refractivity contribution is 6.31. The summed E-state index contributed by atoms with van der Waals surface area (Å²) in [5.41, 5.74) is 10.9. The first-order chi connectivity index (χ1) is 17.8. The summed E-state index contributed by atoms with van der Waals surface area (Å²) < 4.78 is 13.8. The van der Waals surface area contributed by atoms with Gasteiger partial charge in [-0.15, -0.1) is 0 Å². The molecule has 4 rings (SSSR count). The van der Waals surface area contributed by atoms with E-state index >= 15 is 0 Å². The molecule has 8 nitrogen and oxygen atoms in total. The van der Waals surface area contributed by atoms with E-state index in [9.17, 15) is 0 Å². The Bertz CT molecular complexity index is 1170. The zero-order valence-electron chi connectivity index (χ0n) is 22.7. The highest BCUT2D eigenvalue weighted by atomic mass is 35.5. The number of anilines is 1. The monoisotopic (exact) mass is 528 g/mol. The Kier molecular flexibility index (Phi) is 9.42. The molecule has 37 heavy (non-hydrogen) atoms. The van der Waals surface area contributed by atoms with E-state index < -0.39 is 6.23 Å². The van der Waals surface area contributed by atoms with E-state index in [1.54, 1.807) is 7.11 Å². The van der Waals surface area contributed by atoms with Gasteiger partial charge in [0.1, 0.15) is 0 Å². The second kappa shape index (κ2) is 12.5. The third-order valence-electron chi connectivity index (χ3n) is 7.16. The van der Waals surface area contributed by atoms with E-state index in [0.717, 1.165) is 66.4 Å². The van der Waals surface area contributed by atoms with Crippen molar-refractivity contribution in [2.75, 3.05) is 45.3 Å². The molecule has 1 aliphatic rings. The Hall–Kier alpha value is -2.23. The van der Waals surface area contributed by atoms with E-state index in [1.165, 1.54) is 0 Å². The van der Waals surface area contributed by atoms with Crippen LogP contribution in [-0.4, -0.2) is 71.5 Å². The molecule has 1 saturated heterocycles. The lowest BCUT2D eigenvalue weighted by Crippen LogP contribution is -2.46. The second-order valence-electron chi connectivity index (χ2n) is 10.4. The minimum absolute atomic E-state index is 0.202. The molecule has 2 atom stereocenters. The quantitative estimate of drug-likeness (QED) is 0.346. The summed E-state index contributed by atoms with van der Waals surface area (Å²) in [5.74, 6) is 1.25. The number of likely N-dealkylation sites (tertiary alicyclic amines) is 1. The summed E-state index contributed by atoms with van der Waals surface area (Å²) in [6, 6.07) is 10.4. The van der Waals surface area contributed by atoms with Gasteiger partial charge in [0.25, 0.3) is 0 Å². The van der Waals surface area contributed by atoms with Gasteiger partial charge in [-0.2, -0.15) is 0 Å². The van der Waals surface area contributed by atoms with Crippen molar-refractivity contribution in [3.63, 3.8) is 0 Å². The summed E-state index contributed by atoms with van der Waals surface area (Å²) in [7, 11) is 1.67. The smallest absolute Gasteiger partial charge is 0.206 e. The predicted octanol–water partition coefficient (Wildman–Crippen LogP) is 4.77. The zero-order chi connectivity index (χ0) is 26.5. The molecule has 9 heteroatoms. The van der Waals surface area contributed by atoms with Crippen molar-refractivity contribution in [1.82, 2.24) is 19.4 Å². The largest absolute Gasteiger partial charge is 0.382 e. The van der Waals surface area contributed by atoms with Crippen LogP contribution >= 0.6 is 11.6 Å². The molecule has 1 aliphatic heterocycles. The molecular weight excluding hydrogens is 488 g/mol. The Morgan fingerprint density at radius 2 is 1.89 bits per heavy atom. The topological polar surface area (TPSA) is 90.5 Å². The first kappa shape index (κ1) is 27.8. The molecule has 3 aromatic rings. The molecule has 3 N–H and O–H groups in total. The summed E-state index contributed by atoms with van der Waals surface area (Å²) >= 11 is 6.53. The van der Waals surface area contributed by atoms with Gasteiger partial charge in [0.05, 0.1) is 29.9 Å². The van der Waals surface area contributed by atoms with Crippen molar-refractivity contribution in [1.29, 1.82) is 0 Å². The molecule has 0 bridgehead atoms. The van der Waals surface area contributed by atoms with Crippen LogP contribution in [0.25, 0.3) is 11.0 Å². The highest BCUT2D eigenvalue weighted by Crippen LogP contribution is 2.33. The first-order valence-corrected chi connectivity index (χ1v) is 13.6. The highest BCUT2D eigenvalue weighted by Gasteiger charge is 2.27. The molecule has 1 fully saturated rings. The van der Waals surface area contributed by atoms with Gasteiger partial charge in [0, 0.05) is 49.5 Å². The van der Waals surface area contributed by atoms with Crippen LogP contribution in [0.1, 0.15) is 49.9 Å². The number of aryl methyl sites for hydroxylation is 2. The van der Waals surface area contributed by atoms with Gasteiger partial charge in [-0.3, -0.25) is 9.55 Å². The zero-order valence-corrected chi connectivity index (χ0v) is 23.5. The van der Waals surface area contributed by atoms with Gasteiger partial charge in [0.2, 0.25) is 5.95 Å². The molecule has 1 aromatic carbocycles. The number of hydrogen-bond donors (Lipinski definition) is 2. The first-order valence-electron chi connectivity index (χ1n) is 13.2. The fraction of sp³-hybridized carbons (Fsp3) is 0.571. The third-order valence-corrected chi connectivity index (χ3v) is 7.38. The number of hydrogen-bond acceptors (Lipinski definition) is 7. The Labute approximate surface area is 225 Å². The maximum Gasteiger partial charge on any atom is 0.206 e. The van der Waals surface area contributed by atoms with Crippen LogP contribution in [0, 0.1) is 19.8 Å². The fourth-order valence-electron chi connectivity index (χ4n) is 4.85. The van der Waals surface area contributed by atoms with Gasteiger partial charge in [-0.25, -0.2) is 4.98 Å². The van der Waals surface area contributed by atoms with Gasteiger partial charge in [-0.05, 0) is 62.4 Å². The number of nitrogens with zero attached hydrogens (tertiary/aromatic N) is 4. The predicted molar refractivity (Wildman–Crippen MR) is 150 cm³/mol. The summed E-state index contributed by atoms with van der Waals surface area (Å²) in [5, 5.41) is 4.42. The minimum Gasteiger partial charge on any atom is -0.382 e. The minimum atomic E-state index is -0.482. The van der Waals surface area contributed by atoms with Crippen LogP contribution < -0.4 is 11.1 Å². The summed E-state index contributed by atoms with van der Waals surface area (Å²) in [6.07, 6.45) is 1.56. The lowest BCUT2D eigenvalue weighted by molar-refractivity contribution is 0.00177. The summed E-state index contributed by atoms with van der Waals surface area (Å²) in [4.78, 5) is 12.3. The molecule has 0 spiro atoms. The van der Waals surface area contributed by atoms with Crippen molar-refractivity contribution >= 4 is 28.6 Å². The van der Waals surface area contributed by atoms with Gasteiger partial charge >= 0.3 is 0 Å². The number of ether oxygens (including phenoxy) is 2. The van der Waals surface area contributed by atoms with Crippen molar-refractivity contribution in [2.24, 2.45) is 11.7 Å². The SMILES string of the molecule is COCCOC(c1cccc(C)n1)n1c(NC2CCN(CC(N)C(C)C)CC2)nc2c(C)cc(Cl)cc21. The number of fused-ring (bicyclic) bond motifs is 1. The number of pyridine rings is 1. The van der Waals surface area contributed by atoms with Crippen LogP contribution in [0.3, 0.4) is 0 Å². The van der Waals surface area contributed by atoms with Crippen LogP contribution in [0.2, 0.25) is 5.02 Å². The number of nitrogens with two attached hydrogens (primary N) is 1. The van der Waals surface area contributed by atoms with Gasteiger partial charge < -0.3 is 25.4 Å². The molecule has 202 valence electrons. The fourth-order valence-corrected chi connectivity index (χ4v) is 5.12. The van der Waals surface area contributed by atoms with Crippen LogP contribution in [0.15, 0.2) is 30.3 Å². The Morgan fingerprint density at radius 1 is 1.14 bits per heavy atom. The summed E-state index contributed by atoms with van der Waals surface area (Å²) in [6.45, 7) is 12.3. The number of methoxy groups -OCH3 is 1.